The van der Waals surface area contributed by atoms with Gasteiger partial charge in [-0.1, -0.05) is 91.0 Å². The normalized spacial score (nSPS) is 11.5. The topological polar surface area (TPSA) is 36.2 Å². The molecule has 0 radical (unpaired) electrons. The van der Waals surface area contributed by atoms with Crippen LogP contribution >= 0.6 is 0 Å². The molecule has 2 heteroatoms. The van der Waals surface area contributed by atoms with E-state index in [1.165, 1.54) is 0 Å². The lowest BCUT2D eigenvalue weighted by molar-refractivity contribution is 0.774. The van der Waals surface area contributed by atoms with Gasteiger partial charge in [-0.05, 0) is 22.8 Å². The summed E-state index contributed by atoms with van der Waals surface area (Å²) in [5, 5.41) is 3.47. The molecule has 3 rings (SSSR count). The number of allylic oxidation sites excluding steroid dienone is 1. The zero-order valence-electron chi connectivity index (χ0n) is 12.8. The third-order valence-electron chi connectivity index (χ3n) is 4.09. The first kappa shape index (κ1) is 14.9. The van der Waals surface area contributed by atoms with Crippen LogP contribution in [0.4, 0.5) is 0 Å². The fourth-order valence-electron chi connectivity index (χ4n) is 3.04. The van der Waals surface area contributed by atoms with Crippen LogP contribution in [0.15, 0.2) is 108 Å². The molecule has 2 nitrogen and oxygen atoms in total. The van der Waals surface area contributed by atoms with Crippen molar-refractivity contribution >= 4 is 0 Å². The second-order valence-electron chi connectivity index (χ2n) is 5.35. The van der Waals surface area contributed by atoms with Crippen molar-refractivity contribution in [3.8, 4) is 0 Å². The van der Waals surface area contributed by atoms with E-state index in [9.17, 15) is 0 Å². The summed E-state index contributed by atoms with van der Waals surface area (Å²) in [5.74, 6) is 0. The second kappa shape index (κ2) is 6.84. The Kier molecular flexibility index (Phi) is 4.44. The van der Waals surface area contributed by atoms with Crippen LogP contribution in [0.1, 0.15) is 16.7 Å². The SMILES string of the molecule is N=NC=CC(c1ccccc1)(c1ccccc1)c1ccccc1. The van der Waals surface area contributed by atoms with Crippen molar-refractivity contribution in [2.24, 2.45) is 5.11 Å². The van der Waals surface area contributed by atoms with Crippen molar-refractivity contribution in [1.29, 1.82) is 5.53 Å². The molecular weight excluding hydrogens is 280 g/mol. The van der Waals surface area contributed by atoms with E-state index in [0.29, 0.717) is 0 Å². The Morgan fingerprint density at radius 2 is 0.957 bits per heavy atom. The Morgan fingerprint density at radius 3 is 1.26 bits per heavy atom. The molecule has 112 valence electrons. The molecule has 0 aliphatic rings. The van der Waals surface area contributed by atoms with Crippen molar-refractivity contribution in [3.05, 3.63) is 120 Å². The van der Waals surface area contributed by atoms with Gasteiger partial charge in [0.2, 0.25) is 0 Å². The van der Waals surface area contributed by atoms with Crippen LogP contribution in [0.3, 0.4) is 0 Å². The van der Waals surface area contributed by atoms with E-state index in [-0.39, 0.29) is 0 Å². The highest BCUT2D eigenvalue weighted by molar-refractivity contribution is 5.54. The quantitative estimate of drug-likeness (QED) is 0.472. The number of rotatable bonds is 5. The van der Waals surface area contributed by atoms with Gasteiger partial charge < -0.3 is 0 Å². The Hall–Kier alpha value is -3.00. The molecular formula is C21H18N2. The van der Waals surface area contributed by atoms with E-state index >= 15 is 0 Å². The molecule has 3 aromatic carbocycles. The van der Waals surface area contributed by atoms with Gasteiger partial charge in [0.05, 0.1) is 5.41 Å². The minimum absolute atomic E-state index is 0.464. The number of hydrogen-bond acceptors (Lipinski definition) is 2. The monoisotopic (exact) mass is 298 g/mol. The lowest BCUT2D eigenvalue weighted by Crippen LogP contribution is -2.26. The van der Waals surface area contributed by atoms with Crippen molar-refractivity contribution in [2.75, 3.05) is 0 Å². The molecule has 0 aliphatic heterocycles. The van der Waals surface area contributed by atoms with Crippen LogP contribution in [-0.2, 0) is 5.41 Å². The minimum atomic E-state index is -0.464. The van der Waals surface area contributed by atoms with Crippen LogP contribution in [0.25, 0.3) is 0 Å². The molecule has 0 heterocycles. The van der Waals surface area contributed by atoms with Crippen molar-refractivity contribution in [1.82, 2.24) is 0 Å². The maximum atomic E-state index is 7.21. The van der Waals surface area contributed by atoms with Crippen LogP contribution in [0.5, 0.6) is 0 Å². The van der Waals surface area contributed by atoms with Gasteiger partial charge in [0.15, 0.2) is 0 Å². The van der Waals surface area contributed by atoms with E-state index in [1.807, 2.05) is 60.7 Å². The van der Waals surface area contributed by atoms with Gasteiger partial charge in [-0.15, -0.1) is 0 Å². The third-order valence-corrected chi connectivity index (χ3v) is 4.09. The maximum absolute atomic E-state index is 7.21. The number of nitrogens with one attached hydrogen (secondary N) is 1. The number of nitrogens with zero attached hydrogens (tertiary/aromatic N) is 1. The molecule has 0 saturated carbocycles. The highest BCUT2D eigenvalue weighted by atomic mass is 14.9. The fraction of sp³-hybridized carbons (Fsp3) is 0.0476. The lowest BCUT2D eigenvalue weighted by Gasteiger charge is -2.32. The second-order valence-corrected chi connectivity index (χ2v) is 5.35. The molecule has 0 aromatic heterocycles. The van der Waals surface area contributed by atoms with Gasteiger partial charge in [0, 0.05) is 6.20 Å². The summed E-state index contributed by atoms with van der Waals surface area (Å²) in [7, 11) is 0. The summed E-state index contributed by atoms with van der Waals surface area (Å²) >= 11 is 0. The first-order valence-electron chi connectivity index (χ1n) is 7.59. The molecule has 0 spiro atoms. The highest BCUT2D eigenvalue weighted by Crippen LogP contribution is 2.40. The van der Waals surface area contributed by atoms with E-state index in [2.05, 4.69) is 41.5 Å². The van der Waals surface area contributed by atoms with E-state index < -0.39 is 5.41 Å². The van der Waals surface area contributed by atoms with E-state index in [4.69, 9.17) is 5.53 Å². The molecule has 0 amide bonds. The molecule has 3 aromatic rings. The maximum Gasteiger partial charge on any atom is 0.0650 e. The molecule has 0 aliphatic carbocycles. The van der Waals surface area contributed by atoms with Gasteiger partial charge in [0.1, 0.15) is 0 Å². The molecule has 1 N–H and O–H groups in total. The Balaban J connectivity index is 2.35. The van der Waals surface area contributed by atoms with Crippen LogP contribution in [0.2, 0.25) is 0 Å². The predicted molar refractivity (Wildman–Crippen MR) is 93.5 cm³/mol. The standard InChI is InChI=1S/C21H18N2/c22-23-17-16-21(18-10-4-1-5-11-18,19-12-6-2-7-13-19)20-14-8-3-9-15-20/h1-17,22H. The zero-order chi connectivity index (χ0) is 16.0. The van der Waals surface area contributed by atoms with Crippen molar-refractivity contribution in [3.63, 3.8) is 0 Å². The van der Waals surface area contributed by atoms with Crippen LogP contribution < -0.4 is 0 Å². The Labute approximate surface area is 136 Å². The van der Waals surface area contributed by atoms with Gasteiger partial charge in [-0.3, -0.25) is 0 Å². The van der Waals surface area contributed by atoms with Gasteiger partial charge in [-0.2, -0.15) is 5.11 Å². The van der Waals surface area contributed by atoms with Crippen LogP contribution in [0, 0.1) is 5.53 Å². The average molecular weight is 298 g/mol. The van der Waals surface area contributed by atoms with E-state index in [1.54, 1.807) is 6.20 Å². The van der Waals surface area contributed by atoms with Crippen molar-refractivity contribution in [2.45, 2.75) is 5.41 Å². The summed E-state index contributed by atoms with van der Waals surface area (Å²) in [6.07, 6.45) is 3.56. The first-order valence-corrected chi connectivity index (χ1v) is 7.59. The first-order chi connectivity index (χ1) is 11.4. The van der Waals surface area contributed by atoms with Gasteiger partial charge >= 0.3 is 0 Å². The zero-order valence-corrected chi connectivity index (χ0v) is 12.8. The molecule has 0 atom stereocenters. The lowest BCUT2D eigenvalue weighted by atomic mass is 9.69. The molecule has 0 fully saturated rings. The third kappa shape index (κ3) is 2.84. The van der Waals surface area contributed by atoms with Gasteiger partial charge in [-0.25, -0.2) is 5.53 Å². The van der Waals surface area contributed by atoms with Crippen LogP contribution in [-0.4, -0.2) is 0 Å². The smallest absolute Gasteiger partial charge is 0.0650 e. The fourth-order valence-corrected chi connectivity index (χ4v) is 3.04. The summed E-state index contributed by atoms with van der Waals surface area (Å²) < 4.78 is 0. The Morgan fingerprint density at radius 1 is 0.609 bits per heavy atom. The number of benzene rings is 3. The largest absolute Gasteiger partial charge is 0.205 e. The summed E-state index contributed by atoms with van der Waals surface area (Å²) in [6, 6.07) is 31.0. The van der Waals surface area contributed by atoms with Gasteiger partial charge in [0.25, 0.3) is 0 Å². The average Bonchev–Trinajstić information content (AvgIpc) is 2.65. The summed E-state index contributed by atoms with van der Waals surface area (Å²) in [6.45, 7) is 0. The summed E-state index contributed by atoms with van der Waals surface area (Å²) in [4.78, 5) is 0. The molecule has 0 saturated heterocycles. The van der Waals surface area contributed by atoms with Crippen molar-refractivity contribution < 1.29 is 0 Å². The molecule has 0 unspecified atom stereocenters. The molecule has 0 bridgehead atoms. The Bertz CT molecular complexity index is 681. The highest BCUT2D eigenvalue weighted by Gasteiger charge is 2.33. The predicted octanol–water partition coefficient (Wildman–Crippen LogP) is 5.57. The number of hydrogen-bond donors (Lipinski definition) is 1. The van der Waals surface area contributed by atoms with E-state index in [0.717, 1.165) is 16.7 Å². The summed E-state index contributed by atoms with van der Waals surface area (Å²) in [5.41, 5.74) is 10.2. The minimum Gasteiger partial charge on any atom is -0.205 e. The molecule has 23 heavy (non-hydrogen) atoms.